The minimum absolute atomic E-state index is 0.140. The maximum absolute atomic E-state index is 12.2. The zero-order valence-corrected chi connectivity index (χ0v) is 16.9. The fraction of sp³-hybridized carbons (Fsp3) is 0.0952. The van der Waals surface area contributed by atoms with Gasteiger partial charge in [-0.15, -0.1) is 11.3 Å². The molecule has 4 heterocycles. The van der Waals surface area contributed by atoms with E-state index in [1.54, 1.807) is 35.4 Å². The van der Waals surface area contributed by atoms with Gasteiger partial charge in [-0.2, -0.15) is 0 Å². The van der Waals surface area contributed by atoms with E-state index in [9.17, 15) is 9.59 Å². The van der Waals surface area contributed by atoms with Crippen LogP contribution in [0.15, 0.2) is 66.6 Å². The molecule has 0 aliphatic carbocycles. The van der Waals surface area contributed by atoms with Gasteiger partial charge in [-0.25, -0.2) is 9.97 Å². The lowest BCUT2D eigenvalue weighted by atomic mass is 10.1. The highest BCUT2D eigenvalue weighted by atomic mass is 32.1. The minimum atomic E-state index is -0.348. The number of thiazole rings is 1. The highest BCUT2D eigenvalue weighted by Crippen LogP contribution is 2.25. The largest absolute Gasteiger partial charge is 0.356 e. The van der Waals surface area contributed by atoms with Crippen LogP contribution < -0.4 is 10.6 Å². The first-order chi connectivity index (χ1) is 14.6. The van der Waals surface area contributed by atoms with Gasteiger partial charge in [-0.05, 0) is 30.3 Å². The molecule has 0 saturated carbocycles. The Bertz CT molecular complexity index is 1180. The van der Waals surface area contributed by atoms with Gasteiger partial charge in [-0.1, -0.05) is 6.07 Å². The van der Waals surface area contributed by atoms with E-state index in [0.29, 0.717) is 22.1 Å². The van der Waals surface area contributed by atoms with Crippen molar-refractivity contribution in [3.05, 3.63) is 72.1 Å². The molecule has 0 spiro atoms. The average Bonchev–Trinajstić information content (AvgIpc) is 3.42. The molecule has 2 amide bonds. The summed E-state index contributed by atoms with van der Waals surface area (Å²) >= 11 is 1.30. The standard InChI is InChI=1S/C21H18N6O2S/c1-27-10-7-15(12-27)20(29)23-11-19(28)26-21-25-18(13-30-21)17-4-2-3-16(24-17)14-5-8-22-9-6-14/h2-10,12-13H,11H2,1H3,(H,23,29)(H,25,26,28). The van der Waals surface area contributed by atoms with Gasteiger partial charge in [-0.3, -0.25) is 14.6 Å². The molecule has 0 unspecified atom stereocenters. The zero-order chi connectivity index (χ0) is 20.9. The van der Waals surface area contributed by atoms with Gasteiger partial charge in [0.05, 0.1) is 23.5 Å². The normalized spacial score (nSPS) is 10.6. The number of nitrogens with zero attached hydrogens (tertiary/aromatic N) is 4. The first kappa shape index (κ1) is 19.5. The number of carbonyl (C=O) groups is 2. The Balaban J connectivity index is 1.38. The summed E-state index contributed by atoms with van der Waals surface area (Å²) < 4.78 is 1.77. The van der Waals surface area contributed by atoms with E-state index in [0.717, 1.165) is 11.3 Å². The van der Waals surface area contributed by atoms with Crippen molar-refractivity contribution in [1.29, 1.82) is 0 Å². The second-order valence-electron chi connectivity index (χ2n) is 6.48. The molecule has 0 atom stereocenters. The highest BCUT2D eigenvalue weighted by molar-refractivity contribution is 7.14. The van der Waals surface area contributed by atoms with Gasteiger partial charge >= 0.3 is 0 Å². The number of carbonyl (C=O) groups excluding carboxylic acids is 2. The Kier molecular flexibility index (Phi) is 5.62. The molecule has 4 rings (SSSR count). The van der Waals surface area contributed by atoms with Crippen molar-refractivity contribution in [2.75, 3.05) is 11.9 Å². The van der Waals surface area contributed by atoms with E-state index in [4.69, 9.17) is 0 Å². The number of rotatable bonds is 6. The number of hydrogen-bond acceptors (Lipinski definition) is 6. The van der Waals surface area contributed by atoms with Crippen molar-refractivity contribution < 1.29 is 9.59 Å². The minimum Gasteiger partial charge on any atom is -0.356 e. The summed E-state index contributed by atoms with van der Waals surface area (Å²) in [7, 11) is 1.82. The lowest BCUT2D eigenvalue weighted by Gasteiger charge is -2.04. The van der Waals surface area contributed by atoms with Gasteiger partial charge < -0.3 is 15.2 Å². The van der Waals surface area contributed by atoms with E-state index < -0.39 is 0 Å². The molecule has 0 aliphatic rings. The molecule has 8 nitrogen and oxygen atoms in total. The topological polar surface area (TPSA) is 102 Å². The Labute approximate surface area is 176 Å². The third kappa shape index (κ3) is 4.58. The molecule has 0 aromatic carbocycles. The number of pyridine rings is 2. The van der Waals surface area contributed by atoms with Crippen molar-refractivity contribution >= 4 is 28.3 Å². The molecule has 4 aromatic heterocycles. The fourth-order valence-corrected chi connectivity index (χ4v) is 3.49. The fourth-order valence-electron chi connectivity index (χ4n) is 2.77. The van der Waals surface area contributed by atoms with Crippen LogP contribution in [0.3, 0.4) is 0 Å². The van der Waals surface area contributed by atoms with Gasteiger partial charge in [0, 0.05) is 42.8 Å². The molecule has 2 N–H and O–H groups in total. The predicted molar refractivity (Wildman–Crippen MR) is 115 cm³/mol. The van der Waals surface area contributed by atoms with E-state index in [-0.39, 0.29) is 18.4 Å². The lowest BCUT2D eigenvalue weighted by Crippen LogP contribution is -2.32. The van der Waals surface area contributed by atoms with Crippen molar-refractivity contribution in [3.63, 3.8) is 0 Å². The number of aryl methyl sites for hydroxylation is 1. The maximum atomic E-state index is 12.2. The molecule has 0 saturated heterocycles. The molecular weight excluding hydrogens is 400 g/mol. The average molecular weight is 418 g/mol. The Hall–Kier alpha value is -3.85. The van der Waals surface area contributed by atoms with Crippen LogP contribution in [0.5, 0.6) is 0 Å². The van der Waals surface area contributed by atoms with Gasteiger partial charge in [0.25, 0.3) is 5.91 Å². The summed E-state index contributed by atoms with van der Waals surface area (Å²) in [5.41, 5.74) is 3.65. The lowest BCUT2D eigenvalue weighted by molar-refractivity contribution is -0.115. The highest BCUT2D eigenvalue weighted by Gasteiger charge is 2.12. The number of anilines is 1. The van der Waals surface area contributed by atoms with E-state index in [1.807, 2.05) is 42.8 Å². The van der Waals surface area contributed by atoms with Crippen LogP contribution >= 0.6 is 11.3 Å². The zero-order valence-electron chi connectivity index (χ0n) is 16.1. The molecule has 0 bridgehead atoms. The first-order valence-electron chi connectivity index (χ1n) is 9.12. The summed E-state index contributed by atoms with van der Waals surface area (Å²) in [6, 6.07) is 11.2. The SMILES string of the molecule is Cn1ccc(C(=O)NCC(=O)Nc2nc(-c3cccc(-c4ccncc4)n3)cs2)c1. The van der Waals surface area contributed by atoms with E-state index >= 15 is 0 Å². The third-order valence-electron chi connectivity index (χ3n) is 4.24. The van der Waals surface area contributed by atoms with Crippen LogP contribution in [-0.4, -0.2) is 37.9 Å². The summed E-state index contributed by atoms with van der Waals surface area (Å²) in [6.07, 6.45) is 6.89. The molecule has 150 valence electrons. The van der Waals surface area contributed by atoms with Gasteiger partial charge in [0.1, 0.15) is 5.69 Å². The van der Waals surface area contributed by atoms with Crippen molar-refractivity contribution in [3.8, 4) is 22.6 Å². The van der Waals surface area contributed by atoms with E-state index in [1.165, 1.54) is 11.3 Å². The monoisotopic (exact) mass is 418 g/mol. The van der Waals surface area contributed by atoms with Crippen molar-refractivity contribution in [1.82, 2.24) is 24.8 Å². The van der Waals surface area contributed by atoms with Gasteiger partial charge in [0.2, 0.25) is 5.91 Å². The molecule has 0 fully saturated rings. The molecule has 30 heavy (non-hydrogen) atoms. The van der Waals surface area contributed by atoms with Crippen molar-refractivity contribution in [2.24, 2.45) is 7.05 Å². The Morgan fingerprint density at radius 3 is 2.60 bits per heavy atom. The Morgan fingerprint density at radius 1 is 1.03 bits per heavy atom. The summed E-state index contributed by atoms with van der Waals surface area (Å²) in [4.78, 5) is 37.3. The quantitative estimate of drug-likeness (QED) is 0.501. The second kappa shape index (κ2) is 8.66. The summed E-state index contributed by atoms with van der Waals surface area (Å²) in [5, 5.41) is 7.57. The number of amides is 2. The number of nitrogens with one attached hydrogen (secondary N) is 2. The van der Waals surface area contributed by atoms with Gasteiger partial charge in [0.15, 0.2) is 5.13 Å². The Morgan fingerprint density at radius 2 is 1.83 bits per heavy atom. The number of aromatic nitrogens is 4. The molecule has 0 radical (unpaired) electrons. The van der Waals surface area contributed by atoms with E-state index in [2.05, 4.69) is 25.6 Å². The third-order valence-corrected chi connectivity index (χ3v) is 5.00. The number of hydrogen-bond donors (Lipinski definition) is 2. The second-order valence-corrected chi connectivity index (χ2v) is 7.34. The first-order valence-corrected chi connectivity index (χ1v) is 10.00. The van der Waals surface area contributed by atoms with Crippen molar-refractivity contribution in [2.45, 2.75) is 0 Å². The molecule has 4 aromatic rings. The molecule has 9 heteroatoms. The van der Waals surface area contributed by atoms with Crippen LogP contribution in [0.1, 0.15) is 10.4 Å². The van der Waals surface area contributed by atoms with Crippen LogP contribution in [-0.2, 0) is 11.8 Å². The van der Waals surface area contributed by atoms with Crippen LogP contribution in [0, 0.1) is 0 Å². The summed E-state index contributed by atoms with van der Waals surface area (Å²) in [6.45, 7) is -0.140. The maximum Gasteiger partial charge on any atom is 0.253 e. The molecule has 0 aliphatic heterocycles. The smallest absolute Gasteiger partial charge is 0.253 e. The van der Waals surface area contributed by atoms with Crippen LogP contribution in [0.4, 0.5) is 5.13 Å². The molecular formula is C21H18N6O2S. The van der Waals surface area contributed by atoms with Crippen LogP contribution in [0.2, 0.25) is 0 Å². The predicted octanol–water partition coefficient (Wildman–Crippen LogP) is 2.97. The summed E-state index contributed by atoms with van der Waals surface area (Å²) in [5.74, 6) is -0.651. The van der Waals surface area contributed by atoms with Crippen LogP contribution in [0.25, 0.3) is 22.6 Å².